The Labute approximate surface area is 106 Å². The highest BCUT2D eigenvalue weighted by molar-refractivity contribution is 9.09. The molecule has 0 aliphatic rings. The summed E-state index contributed by atoms with van der Waals surface area (Å²) in [6, 6.07) is 8.10. The van der Waals surface area contributed by atoms with Gasteiger partial charge in [-0.05, 0) is 36.8 Å². The van der Waals surface area contributed by atoms with Crippen LogP contribution in [0.1, 0.15) is 32.3 Å². The molecule has 15 heavy (non-hydrogen) atoms. The van der Waals surface area contributed by atoms with E-state index >= 15 is 0 Å². The molecule has 0 fully saturated rings. The normalized spacial score (nSPS) is 13.1. The van der Waals surface area contributed by atoms with Crippen LogP contribution in [0.3, 0.4) is 0 Å². The summed E-state index contributed by atoms with van der Waals surface area (Å²) in [7, 11) is 0. The molecule has 1 unspecified atom stereocenters. The van der Waals surface area contributed by atoms with Gasteiger partial charge in [-0.15, -0.1) is 0 Å². The summed E-state index contributed by atoms with van der Waals surface area (Å²) in [6.07, 6.45) is 3.44. The lowest BCUT2D eigenvalue weighted by Gasteiger charge is -2.12. The van der Waals surface area contributed by atoms with Gasteiger partial charge in [0.1, 0.15) is 0 Å². The van der Waals surface area contributed by atoms with Crippen molar-refractivity contribution in [3.05, 3.63) is 34.9 Å². The molecule has 0 radical (unpaired) electrons. The second kappa shape index (κ2) is 6.55. The molecule has 0 bridgehead atoms. The minimum Gasteiger partial charge on any atom is -0.0890 e. The van der Waals surface area contributed by atoms with Crippen molar-refractivity contribution in [3.63, 3.8) is 0 Å². The number of hydrogen-bond donors (Lipinski definition) is 0. The fourth-order valence-electron chi connectivity index (χ4n) is 1.64. The van der Waals surface area contributed by atoms with Gasteiger partial charge in [0.05, 0.1) is 0 Å². The molecular weight excluding hydrogens is 272 g/mol. The van der Waals surface area contributed by atoms with E-state index in [1.165, 1.54) is 12.0 Å². The van der Waals surface area contributed by atoms with Crippen molar-refractivity contribution in [2.45, 2.75) is 37.9 Å². The summed E-state index contributed by atoms with van der Waals surface area (Å²) in [6.45, 7) is 4.51. The van der Waals surface area contributed by atoms with Gasteiger partial charge in [-0.3, -0.25) is 0 Å². The monoisotopic (exact) mass is 288 g/mol. The van der Waals surface area contributed by atoms with Crippen LogP contribution in [0.4, 0.5) is 0 Å². The van der Waals surface area contributed by atoms with Crippen LogP contribution in [-0.2, 0) is 6.42 Å². The zero-order chi connectivity index (χ0) is 11.3. The van der Waals surface area contributed by atoms with Crippen molar-refractivity contribution in [1.82, 2.24) is 0 Å². The Bertz CT molecular complexity index is 296. The molecule has 2 heteroatoms. The van der Waals surface area contributed by atoms with E-state index in [0.717, 1.165) is 23.8 Å². The van der Waals surface area contributed by atoms with Crippen LogP contribution in [0.25, 0.3) is 0 Å². The predicted octanol–water partition coefficient (Wildman–Crippen LogP) is 5.08. The molecule has 0 nitrogen and oxygen atoms in total. The Morgan fingerprint density at radius 3 is 2.53 bits per heavy atom. The smallest absolute Gasteiger partial charge is 0.0437 e. The largest absolute Gasteiger partial charge is 0.0890 e. The number of benzene rings is 1. The quantitative estimate of drug-likeness (QED) is 0.663. The van der Waals surface area contributed by atoms with Gasteiger partial charge in [-0.2, -0.15) is 0 Å². The molecule has 1 aromatic carbocycles. The van der Waals surface area contributed by atoms with Gasteiger partial charge in [0, 0.05) is 9.85 Å². The Morgan fingerprint density at radius 2 is 1.93 bits per heavy atom. The van der Waals surface area contributed by atoms with Gasteiger partial charge in [-0.1, -0.05) is 59.6 Å². The summed E-state index contributed by atoms with van der Waals surface area (Å²) in [5.41, 5.74) is 1.26. The van der Waals surface area contributed by atoms with E-state index < -0.39 is 0 Å². The number of rotatable bonds is 5. The third kappa shape index (κ3) is 5.03. The number of aryl methyl sites for hydroxylation is 1. The minimum atomic E-state index is 0.605. The summed E-state index contributed by atoms with van der Waals surface area (Å²) >= 11 is 9.82. The van der Waals surface area contributed by atoms with Crippen LogP contribution in [-0.4, -0.2) is 4.83 Å². The molecule has 0 aliphatic carbocycles. The summed E-state index contributed by atoms with van der Waals surface area (Å²) in [5.74, 6) is 0.751. The molecule has 0 spiro atoms. The Morgan fingerprint density at radius 1 is 1.27 bits per heavy atom. The van der Waals surface area contributed by atoms with Crippen LogP contribution in [0.5, 0.6) is 0 Å². The molecule has 0 saturated heterocycles. The maximum atomic E-state index is 6.10. The predicted molar refractivity (Wildman–Crippen MR) is 71.9 cm³/mol. The summed E-state index contributed by atoms with van der Waals surface area (Å²) in [4.78, 5) is 0.605. The van der Waals surface area contributed by atoms with E-state index in [1.54, 1.807) is 0 Å². The fourth-order valence-corrected chi connectivity index (χ4v) is 2.85. The molecule has 0 heterocycles. The van der Waals surface area contributed by atoms with Gasteiger partial charge >= 0.3 is 0 Å². The first-order chi connectivity index (χ1) is 7.09. The SMILES string of the molecule is CC(C)CC(Br)CCc1ccccc1Cl. The van der Waals surface area contributed by atoms with E-state index in [-0.39, 0.29) is 0 Å². The molecule has 1 aromatic rings. The van der Waals surface area contributed by atoms with Gasteiger partial charge in [0.25, 0.3) is 0 Å². The van der Waals surface area contributed by atoms with Crippen LogP contribution in [0.2, 0.25) is 5.02 Å². The lowest BCUT2D eigenvalue weighted by Crippen LogP contribution is -2.04. The maximum Gasteiger partial charge on any atom is 0.0437 e. The maximum absolute atomic E-state index is 6.10. The van der Waals surface area contributed by atoms with Gasteiger partial charge in [-0.25, -0.2) is 0 Å². The molecule has 0 aliphatic heterocycles. The second-order valence-electron chi connectivity index (χ2n) is 4.36. The molecule has 84 valence electrons. The minimum absolute atomic E-state index is 0.605. The fraction of sp³-hybridized carbons (Fsp3) is 0.538. The molecule has 0 amide bonds. The molecule has 0 saturated carbocycles. The standard InChI is InChI=1S/C13H18BrCl/c1-10(2)9-12(14)8-7-11-5-3-4-6-13(11)15/h3-6,10,12H,7-9H2,1-2H3. The third-order valence-corrected chi connectivity index (χ3v) is 3.61. The molecule has 1 atom stereocenters. The Hall–Kier alpha value is -0.0100. The molecule has 1 rings (SSSR count). The van der Waals surface area contributed by atoms with E-state index in [1.807, 2.05) is 18.2 Å². The second-order valence-corrected chi connectivity index (χ2v) is 6.06. The zero-order valence-corrected chi connectivity index (χ0v) is 11.7. The molecule has 0 aromatic heterocycles. The van der Waals surface area contributed by atoms with E-state index in [9.17, 15) is 0 Å². The summed E-state index contributed by atoms with van der Waals surface area (Å²) < 4.78 is 0. The Kier molecular flexibility index (Phi) is 5.70. The van der Waals surface area contributed by atoms with E-state index in [2.05, 4.69) is 35.8 Å². The number of halogens is 2. The van der Waals surface area contributed by atoms with E-state index in [0.29, 0.717) is 4.83 Å². The first-order valence-corrected chi connectivity index (χ1v) is 6.76. The topological polar surface area (TPSA) is 0 Å². The van der Waals surface area contributed by atoms with Crippen molar-refractivity contribution in [3.8, 4) is 0 Å². The van der Waals surface area contributed by atoms with Crippen LogP contribution in [0, 0.1) is 5.92 Å². The third-order valence-electron chi connectivity index (χ3n) is 2.41. The Balaban J connectivity index is 2.40. The summed E-state index contributed by atoms with van der Waals surface area (Å²) in [5, 5.41) is 0.891. The number of hydrogen-bond acceptors (Lipinski definition) is 0. The van der Waals surface area contributed by atoms with Crippen molar-refractivity contribution in [2.75, 3.05) is 0 Å². The van der Waals surface area contributed by atoms with Crippen molar-refractivity contribution in [2.24, 2.45) is 5.92 Å². The zero-order valence-electron chi connectivity index (χ0n) is 9.34. The van der Waals surface area contributed by atoms with Gasteiger partial charge in [0.2, 0.25) is 0 Å². The molecular formula is C13H18BrCl. The van der Waals surface area contributed by atoms with Crippen molar-refractivity contribution >= 4 is 27.5 Å². The highest BCUT2D eigenvalue weighted by atomic mass is 79.9. The lowest BCUT2D eigenvalue weighted by molar-refractivity contribution is 0.554. The first kappa shape index (κ1) is 13.1. The lowest BCUT2D eigenvalue weighted by atomic mass is 10.0. The average molecular weight is 290 g/mol. The molecule has 0 N–H and O–H groups in total. The van der Waals surface area contributed by atoms with Gasteiger partial charge in [0.15, 0.2) is 0 Å². The highest BCUT2D eigenvalue weighted by Gasteiger charge is 2.08. The van der Waals surface area contributed by atoms with Crippen molar-refractivity contribution in [1.29, 1.82) is 0 Å². The van der Waals surface area contributed by atoms with Crippen LogP contribution in [0.15, 0.2) is 24.3 Å². The van der Waals surface area contributed by atoms with Crippen LogP contribution >= 0.6 is 27.5 Å². The first-order valence-electron chi connectivity index (χ1n) is 5.47. The number of alkyl halides is 1. The van der Waals surface area contributed by atoms with E-state index in [4.69, 9.17) is 11.6 Å². The van der Waals surface area contributed by atoms with Gasteiger partial charge < -0.3 is 0 Å². The highest BCUT2D eigenvalue weighted by Crippen LogP contribution is 2.22. The van der Waals surface area contributed by atoms with Crippen LogP contribution < -0.4 is 0 Å². The van der Waals surface area contributed by atoms with Crippen molar-refractivity contribution < 1.29 is 0 Å². The average Bonchev–Trinajstić information content (AvgIpc) is 2.15.